The van der Waals surface area contributed by atoms with Crippen LogP contribution in [0.3, 0.4) is 0 Å². The molecule has 0 aromatic heterocycles. The van der Waals surface area contributed by atoms with Gasteiger partial charge in [-0.15, -0.1) is 17.5 Å². The molecule has 0 saturated carbocycles. The number of rotatable bonds is 3. The third-order valence-corrected chi connectivity index (χ3v) is 3.29. The second kappa shape index (κ2) is 7.02. The first-order valence-corrected chi connectivity index (χ1v) is 6.69. The molecule has 0 fully saturated rings. The van der Waals surface area contributed by atoms with Gasteiger partial charge in [0.1, 0.15) is 11.4 Å². The maximum atomic E-state index is 10.0. The van der Waals surface area contributed by atoms with Crippen LogP contribution in [0.1, 0.15) is 5.56 Å². The zero-order valence-electron chi connectivity index (χ0n) is 11.8. The zero-order valence-corrected chi connectivity index (χ0v) is 12.6. The summed E-state index contributed by atoms with van der Waals surface area (Å²) in [6.07, 6.45) is 0. The standard InChI is InChI=1S/C17H15N3O.ClH/c18-11-12-4-3-6-14(10-12)19-20-17-15-7-2-1-5-13(15)8-9-16(17)21;/h1-10,21H,11,18H2;1H. The maximum absolute atomic E-state index is 10.0. The Kier molecular flexibility index (Phi) is 5.09. The Morgan fingerprint density at radius 1 is 0.909 bits per heavy atom. The van der Waals surface area contributed by atoms with Crippen LogP contribution < -0.4 is 5.73 Å². The van der Waals surface area contributed by atoms with Crippen molar-refractivity contribution in [2.75, 3.05) is 0 Å². The molecular weight excluding hydrogens is 298 g/mol. The van der Waals surface area contributed by atoms with Gasteiger partial charge in [0.2, 0.25) is 0 Å². The Labute approximate surface area is 134 Å². The lowest BCUT2D eigenvalue weighted by Gasteiger charge is -2.03. The molecule has 3 aromatic carbocycles. The molecule has 5 heteroatoms. The first kappa shape index (κ1) is 15.9. The second-order valence-corrected chi connectivity index (χ2v) is 4.73. The highest BCUT2D eigenvalue weighted by atomic mass is 35.5. The molecule has 3 aromatic rings. The van der Waals surface area contributed by atoms with Crippen molar-refractivity contribution in [3.8, 4) is 5.75 Å². The molecule has 0 heterocycles. The van der Waals surface area contributed by atoms with Crippen LogP contribution >= 0.6 is 12.4 Å². The number of hydrogen-bond donors (Lipinski definition) is 2. The molecular formula is C17H16ClN3O. The Morgan fingerprint density at radius 2 is 1.73 bits per heavy atom. The van der Waals surface area contributed by atoms with Crippen LogP contribution in [0, 0.1) is 0 Å². The van der Waals surface area contributed by atoms with Crippen LogP contribution in [0.25, 0.3) is 10.8 Å². The van der Waals surface area contributed by atoms with Crippen molar-refractivity contribution in [3.63, 3.8) is 0 Å². The van der Waals surface area contributed by atoms with Gasteiger partial charge in [-0.25, -0.2) is 0 Å². The highest BCUT2D eigenvalue weighted by Gasteiger charge is 2.05. The molecule has 0 aliphatic carbocycles. The highest BCUT2D eigenvalue weighted by Crippen LogP contribution is 2.35. The van der Waals surface area contributed by atoms with Gasteiger partial charge in [0.05, 0.1) is 5.69 Å². The number of benzene rings is 3. The van der Waals surface area contributed by atoms with E-state index in [9.17, 15) is 5.11 Å². The number of phenols is 1. The summed E-state index contributed by atoms with van der Waals surface area (Å²) in [7, 11) is 0. The molecule has 0 atom stereocenters. The number of aromatic hydroxyl groups is 1. The molecule has 0 amide bonds. The van der Waals surface area contributed by atoms with Crippen molar-refractivity contribution < 1.29 is 5.11 Å². The fourth-order valence-electron chi connectivity index (χ4n) is 2.20. The average Bonchev–Trinajstić information content (AvgIpc) is 2.54. The summed E-state index contributed by atoms with van der Waals surface area (Å²) >= 11 is 0. The Balaban J connectivity index is 0.00000176. The SMILES string of the molecule is Cl.NCc1cccc(N=Nc2c(O)ccc3ccccc23)c1. The topological polar surface area (TPSA) is 71.0 Å². The van der Waals surface area contributed by atoms with Crippen LogP contribution in [-0.2, 0) is 6.54 Å². The number of fused-ring (bicyclic) bond motifs is 1. The average molecular weight is 314 g/mol. The molecule has 0 aliphatic heterocycles. The lowest BCUT2D eigenvalue weighted by atomic mass is 10.1. The van der Waals surface area contributed by atoms with Gasteiger partial charge in [0.15, 0.2) is 0 Å². The van der Waals surface area contributed by atoms with E-state index in [1.54, 1.807) is 6.07 Å². The van der Waals surface area contributed by atoms with Crippen LogP contribution in [0.4, 0.5) is 11.4 Å². The fraction of sp³-hybridized carbons (Fsp3) is 0.0588. The predicted octanol–water partition coefficient (Wildman–Crippen LogP) is 4.84. The highest BCUT2D eigenvalue weighted by molar-refractivity contribution is 5.95. The van der Waals surface area contributed by atoms with E-state index in [4.69, 9.17) is 5.73 Å². The monoisotopic (exact) mass is 313 g/mol. The molecule has 3 rings (SSSR count). The van der Waals surface area contributed by atoms with Gasteiger partial charge in [-0.2, -0.15) is 5.11 Å². The van der Waals surface area contributed by atoms with Crippen LogP contribution in [0.2, 0.25) is 0 Å². The summed E-state index contributed by atoms with van der Waals surface area (Å²) < 4.78 is 0. The van der Waals surface area contributed by atoms with E-state index in [2.05, 4.69) is 10.2 Å². The van der Waals surface area contributed by atoms with Crippen molar-refractivity contribution >= 4 is 34.6 Å². The number of nitrogens with two attached hydrogens (primary N) is 1. The third kappa shape index (κ3) is 3.24. The summed E-state index contributed by atoms with van der Waals surface area (Å²) in [5.41, 5.74) is 7.80. The number of halogens is 1. The zero-order chi connectivity index (χ0) is 14.7. The number of phenolic OH excluding ortho intramolecular Hbond substituents is 1. The van der Waals surface area contributed by atoms with Crippen molar-refractivity contribution in [2.24, 2.45) is 16.0 Å². The van der Waals surface area contributed by atoms with Crippen molar-refractivity contribution in [1.82, 2.24) is 0 Å². The lowest BCUT2D eigenvalue weighted by Crippen LogP contribution is -1.94. The third-order valence-electron chi connectivity index (χ3n) is 3.29. The van der Waals surface area contributed by atoms with E-state index < -0.39 is 0 Å². The fourth-order valence-corrected chi connectivity index (χ4v) is 2.20. The maximum Gasteiger partial charge on any atom is 0.143 e. The summed E-state index contributed by atoms with van der Waals surface area (Å²) in [4.78, 5) is 0. The predicted molar refractivity (Wildman–Crippen MR) is 91.4 cm³/mol. The van der Waals surface area contributed by atoms with Crippen LogP contribution in [0.5, 0.6) is 5.75 Å². The summed E-state index contributed by atoms with van der Waals surface area (Å²) in [5, 5.41) is 20.3. The second-order valence-electron chi connectivity index (χ2n) is 4.73. The van der Waals surface area contributed by atoms with Gasteiger partial charge in [0.25, 0.3) is 0 Å². The van der Waals surface area contributed by atoms with E-state index >= 15 is 0 Å². The first-order valence-electron chi connectivity index (χ1n) is 6.69. The lowest BCUT2D eigenvalue weighted by molar-refractivity contribution is 0.477. The van der Waals surface area contributed by atoms with Gasteiger partial charge in [-0.1, -0.05) is 42.5 Å². The van der Waals surface area contributed by atoms with Crippen molar-refractivity contribution in [1.29, 1.82) is 0 Å². The molecule has 0 saturated heterocycles. The summed E-state index contributed by atoms with van der Waals surface area (Å²) in [5.74, 6) is 0.118. The van der Waals surface area contributed by atoms with Gasteiger partial charge in [-0.05, 0) is 29.1 Å². The van der Waals surface area contributed by atoms with E-state index in [-0.39, 0.29) is 18.2 Å². The Morgan fingerprint density at radius 3 is 2.55 bits per heavy atom. The molecule has 112 valence electrons. The van der Waals surface area contributed by atoms with E-state index in [1.807, 2.05) is 54.6 Å². The molecule has 0 radical (unpaired) electrons. The van der Waals surface area contributed by atoms with Crippen LogP contribution in [0.15, 0.2) is 70.9 Å². The van der Waals surface area contributed by atoms with Gasteiger partial charge in [0, 0.05) is 11.9 Å². The number of azo groups is 1. The smallest absolute Gasteiger partial charge is 0.143 e. The van der Waals surface area contributed by atoms with Crippen molar-refractivity contribution in [3.05, 3.63) is 66.2 Å². The Bertz CT molecular complexity index is 818. The van der Waals surface area contributed by atoms with Gasteiger partial charge >= 0.3 is 0 Å². The molecule has 3 N–H and O–H groups in total. The molecule has 0 aliphatic rings. The minimum absolute atomic E-state index is 0. The summed E-state index contributed by atoms with van der Waals surface area (Å²) in [6.45, 7) is 0.461. The number of hydrogen-bond acceptors (Lipinski definition) is 4. The summed E-state index contributed by atoms with van der Waals surface area (Å²) in [6, 6.07) is 18.8. The van der Waals surface area contributed by atoms with Gasteiger partial charge in [-0.3, -0.25) is 0 Å². The van der Waals surface area contributed by atoms with E-state index in [0.29, 0.717) is 17.9 Å². The quantitative estimate of drug-likeness (QED) is 0.679. The number of nitrogens with zero attached hydrogens (tertiary/aromatic N) is 2. The Hall–Kier alpha value is -2.43. The van der Waals surface area contributed by atoms with Crippen molar-refractivity contribution in [2.45, 2.75) is 6.54 Å². The van der Waals surface area contributed by atoms with Gasteiger partial charge < -0.3 is 10.8 Å². The normalized spacial score (nSPS) is 10.8. The largest absolute Gasteiger partial charge is 0.506 e. The molecule has 0 unspecified atom stereocenters. The molecule has 22 heavy (non-hydrogen) atoms. The molecule has 4 nitrogen and oxygen atoms in total. The van der Waals surface area contributed by atoms with E-state index in [0.717, 1.165) is 16.3 Å². The molecule has 0 bridgehead atoms. The molecule has 0 spiro atoms. The minimum atomic E-state index is 0. The van der Waals surface area contributed by atoms with E-state index in [1.165, 1.54) is 0 Å². The first-order chi connectivity index (χ1) is 10.3. The van der Waals surface area contributed by atoms with Crippen LogP contribution in [-0.4, -0.2) is 5.11 Å². The minimum Gasteiger partial charge on any atom is -0.506 e.